The van der Waals surface area contributed by atoms with Crippen molar-refractivity contribution in [3.05, 3.63) is 497 Å². The van der Waals surface area contributed by atoms with Crippen LogP contribution in [-0.4, -0.2) is 9.13 Å². The molecular formula is C130H82N4O2. The molecule has 0 N–H and O–H groups in total. The minimum absolute atomic E-state index is 0.838. The zero-order chi connectivity index (χ0) is 89.4. The van der Waals surface area contributed by atoms with E-state index in [1.54, 1.807) is 0 Å². The molecule has 23 aromatic carbocycles. The lowest BCUT2D eigenvalue weighted by atomic mass is 9.90. The molecule has 0 aliphatic carbocycles. The first-order valence-electron chi connectivity index (χ1n) is 46.7. The maximum atomic E-state index is 7.03. The Bertz CT molecular complexity index is 9470. The van der Waals surface area contributed by atoms with Gasteiger partial charge >= 0.3 is 0 Å². The highest BCUT2D eigenvalue weighted by molar-refractivity contribution is 6.19. The second-order valence-corrected chi connectivity index (χ2v) is 35.6. The molecule has 6 heteroatoms. The lowest BCUT2D eigenvalue weighted by molar-refractivity contribution is 0.669. The van der Waals surface area contributed by atoms with Crippen molar-refractivity contribution in [1.82, 2.24) is 9.13 Å². The maximum Gasteiger partial charge on any atom is 0.143 e. The predicted molar refractivity (Wildman–Crippen MR) is 573 cm³/mol. The van der Waals surface area contributed by atoms with Gasteiger partial charge < -0.3 is 27.8 Å². The third-order valence-electron chi connectivity index (χ3n) is 28.1. The Morgan fingerprint density at radius 3 is 1.05 bits per heavy atom. The van der Waals surface area contributed by atoms with Crippen molar-refractivity contribution in [3.63, 3.8) is 0 Å². The maximum absolute atomic E-state index is 7.03. The molecule has 0 aliphatic heterocycles. The second kappa shape index (κ2) is 31.9. The van der Waals surface area contributed by atoms with Crippen LogP contribution in [0, 0.1) is 0 Å². The van der Waals surface area contributed by atoms with Gasteiger partial charge in [-0.15, -0.1) is 0 Å². The molecule has 0 unspecified atom stereocenters. The van der Waals surface area contributed by atoms with E-state index in [0.717, 1.165) is 211 Å². The SMILES string of the molecule is c1ccc(-c2ccc(-c3cc4ccccc4c4ccccc34)cc2N(c2ccccc2-c2cccc3c2oc2ccccc23)c2ccccc2-n2c3ccccc3c3ccc(-c4ccc(-c5ccc(-c6cc7ccccc7c7ccccc67)cc5N(c5ccc(-c6ccccc6-n6c7ccccc7c7ccccc76)cc5)c5ccccc5-c5cccc6c5oc5ccccc56)cc4)cc32)cc1. The first-order valence-corrected chi connectivity index (χ1v) is 46.7. The zero-order valence-corrected chi connectivity index (χ0v) is 73.9. The van der Waals surface area contributed by atoms with Gasteiger partial charge in [-0.1, -0.05) is 394 Å². The molecule has 0 aliphatic rings. The molecular weight excluding hydrogens is 1650 g/mol. The number of anilines is 6. The topological polar surface area (TPSA) is 42.6 Å². The van der Waals surface area contributed by atoms with Gasteiger partial charge in [0.1, 0.15) is 22.3 Å². The zero-order valence-electron chi connectivity index (χ0n) is 73.9. The number of aromatic nitrogens is 2. The van der Waals surface area contributed by atoms with E-state index in [9.17, 15) is 0 Å². The Hall–Kier alpha value is -18.1. The number of nitrogens with zero attached hydrogens (tertiary/aromatic N) is 4. The number of para-hydroxylation sites is 12. The fourth-order valence-corrected chi connectivity index (χ4v) is 21.9. The highest BCUT2D eigenvalue weighted by Gasteiger charge is 2.31. The van der Waals surface area contributed by atoms with E-state index in [1.165, 1.54) is 53.9 Å². The second-order valence-electron chi connectivity index (χ2n) is 35.6. The van der Waals surface area contributed by atoms with Crippen LogP contribution in [0.15, 0.2) is 506 Å². The first-order chi connectivity index (χ1) is 67.5. The molecule has 0 radical (unpaired) electrons. The fraction of sp³-hybridized carbons (Fsp3) is 0. The third kappa shape index (κ3) is 12.6. The van der Waals surface area contributed by atoms with Crippen molar-refractivity contribution in [2.45, 2.75) is 0 Å². The summed E-state index contributed by atoms with van der Waals surface area (Å²) in [4.78, 5) is 5.05. The van der Waals surface area contributed by atoms with Crippen molar-refractivity contribution >= 4 is 165 Å². The molecule has 4 heterocycles. The summed E-state index contributed by atoms with van der Waals surface area (Å²) in [7, 11) is 0. The molecule has 6 nitrogen and oxygen atoms in total. The van der Waals surface area contributed by atoms with Gasteiger partial charge in [0, 0.05) is 87.7 Å². The number of benzene rings is 23. The monoisotopic (exact) mass is 1730 g/mol. The molecule has 0 atom stereocenters. The molecule has 0 saturated heterocycles. The molecule has 0 bridgehead atoms. The minimum Gasteiger partial charge on any atom is -0.455 e. The number of rotatable bonds is 16. The van der Waals surface area contributed by atoms with E-state index < -0.39 is 0 Å². The van der Waals surface area contributed by atoms with Gasteiger partial charge in [-0.05, 0) is 196 Å². The summed E-state index contributed by atoms with van der Waals surface area (Å²) in [6.45, 7) is 0. The van der Waals surface area contributed by atoms with Gasteiger partial charge in [0.05, 0.1) is 61.9 Å². The van der Waals surface area contributed by atoms with Crippen molar-refractivity contribution in [2.75, 3.05) is 9.80 Å². The highest BCUT2D eigenvalue weighted by Crippen LogP contribution is 2.55. The van der Waals surface area contributed by atoms with Gasteiger partial charge in [0.15, 0.2) is 0 Å². The quantitative estimate of drug-likeness (QED) is 0.0904. The number of hydrogen-bond donors (Lipinski definition) is 0. The molecule has 0 amide bonds. The Kier molecular flexibility index (Phi) is 18.2. The van der Waals surface area contributed by atoms with E-state index in [-0.39, 0.29) is 0 Å². The van der Waals surface area contributed by atoms with Crippen LogP contribution in [0.4, 0.5) is 34.1 Å². The van der Waals surface area contributed by atoms with E-state index >= 15 is 0 Å². The van der Waals surface area contributed by atoms with Crippen LogP contribution in [0.2, 0.25) is 0 Å². The molecule has 0 saturated carbocycles. The average Bonchev–Trinajstić information content (AvgIpc) is 1.51. The molecule has 136 heavy (non-hydrogen) atoms. The largest absolute Gasteiger partial charge is 0.455 e. The van der Waals surface area contributed by atoms with Crippen LogP contribution in [0.1, 0.15) is 0 Å². The van der Waals surface area contributed by atoms with Gasteiger partial charge in [-0.2, -0.15) is 0 Å². The summed E-state index contributed by atoms with van der Waals surface area (Å²) in [5.41, 5.74) is 33.1. The van der Waals surface area contributed by atoms with E-state index in [4.69, 9.17) is 8.83 Å². The van der Waals surface area contributed by atoms with E-state index in [2.05, 4.69) is 516 Å². The summed E-state index contributed by atoms with van der Waals surface area (Å²) in [6.07, 6.45) is 0. The summed E-state index contributed by atoms with van der Waals surface area (Å²) >= 11 is 0. The molecule has 0 fully saturated rings. The van der Waals surface area contributed by atoms with E-state index in [0.29, 0.717) is 0 Å². The number of fused-ring (bicyclic) bond motifs is 18. The Labute approximate surface area is 784 Å². The van der Waals surface area contributed by atoms with Crippen LogP contribution in [0.25, 0.3) is 231 Å². The van der Waals surface area contributed by atoms with Crippen molar-refractivity contribution < 1.29 is 8.83 Å². The van der Waals surface area contributed by atoms with Crippen LogP contribution in [0.5, 0.6) is 0 Å². The fourth-order valence-electron chi connectivity index (χ4n) is 21.9. The third-order valence-corrected chi connectivity index (χ3v) is 28.1. The predicted octanol–water partition coefficient (Wildman–Crippen LogP) is 36.6. The Balaban J connectivity index is 0.652. The lowest BCUT2D eigenvalue weighted by Gasteiger charge is -2.32. The van der Waals surface area contributed by atoms with Gasteiger partial charge in [0.2, 0.25) is 0 Å². The summed E-state index contributed by atoms with van der Waals surface area (Å²) in [6, 6.07) is 183. The molecule has 4 aromatic heterocycles. The van der Waals surface area contributed by atoms with Crippen LogP contribution in [0.3, 0.4) is 0 Å². The van der Waals surface area contributed by atoms with Crippen molar-refractivity contribution in [2.24, 2.45) is 0 Å². The smallest absolute Gasteiger partial charge is 0.143 e. The minimum atomic E-state index is 0.838. The van der Waals surface area contributed by atoms with Crippen molar-refractivity contribution in [1.29, 1.82) is 0 Å². The number of furan rings is 2. The average molecular weight is 1730 g/mol. The number of hydrogen-bond acceptors (Lipinski definition) is 4. The summed E-state index contributed by atoms with van der Waals surface area (Å²) in [5.74, 6) is 0. The first kappa shape index (κ1) is 77.8. The standard InChI is InChI=1S/C130H82N4O2/c1-2-32-84(33-3-1)96-75-71-91(115-79-89-35-5-7-37-94(89)99-40-9-11-42-101(99)115)82-125(96)133(121-59-25-17-47-106(121)111-51-31-53-113-109-49-19-29-63-128(109)136-130(111)113)122-60-26-27-61-123(122)134-120-58-24-15-45-104(120)107-77-70-87(80-126(107)134)83-64-66-85(67-65-83)97-76-72-90(114-78-88-34-4-6-36-93(88)98-39-8-10-41-100(98)114)81-124(97)131(117-55-21-16-46-105(117)110-50-30-52-112-108-48-18-28-62-127(108)135-129(110)112)92-73-68-86(69-74-92)95-38-12-20-54-116(95)132-118-56-22-13-43-102(118)103-44-14-23-57-119(103)132/h1-82H. The Morgan fingerprint density at radius 2 is 0.507 bits per heavy atom. The van der Waals surface area contributed by atoms with Crippen LogP contribution >= 0.6 is 0 Å². The van der Waals surface area contributed by atoms with Crippen LogP contribution < -0.4 is 9.80 Å². The molecule has 0 spiro atoms. The van der Waals surface area contributed by atoms with Gasteiger partial charge in [-0.3, -0.25) is 0 Å². The molecule has 634 valence electrons. The summed E-state index contributed by atoms with van der Waals surface area (Å²) < 4.78 is 19.0. The highest BCUT2D eigenvalue weighted by atomic mass is 16.3. The normalized spacial score (nSPS) is 11.8. The van der Waals surface area contributed by atoms with Gasteiger partial charge in [-0.25, -0.2) is 0 Å². The van der Waals surface area contributed by atoms with Crippen molar-refractivity contribution in [3.8, 4) is 100 Å². The lowest BCUT2D eigenvalue weighted by Crippen LogP contribution is -2.15. The molecule has 27 rings (SSSR count). The van der Waals surface area contributed by atoms with Crippen LogP contribution in [-0.2, 0) is 0 Å². The van der Waals surface area contributed by atoms with E-state index in [1.807, 2.05) is 0 Å². The molecule has 27 aromatic rings. The Morgan fingerprint density at radius 1 is 0.154 bits per heavy atom. The van der Waals surface area contributed by atoms with Gasteiger partial charge in [0.25, 0.3) is 0 Å². The summed E-state index contributed by atoms with van der Waals surface area (Å²) in [5, 5.41) is 18.6.